The average molecular weight is 556 g/mol. The van der Waals surface area contributed by atoms with E-state index in [1.165, 1.54) is 25.7 Å². The fraction of sp³-hybridized carbons (Fsp3) is 0.794. The number of fused-ring (bicyclic) bond motifs is 5. The van der Waals surface area contributed by atoms with Crippen molar-refractivity contribution in [3.05, 3.63) is 23.8 Å². The molecule has 0 spiro atoms. The smallest absolute Gasteiger partial charge is 0.220 e. The molecule has 0 unspecified atom stereocenters. The van der Waals surface area contributed by atoms with E-state index in [1.807, 2.05) is 18.2 Å². The number of hydrogen-bond acceptors (Lipinski definition) is 5. The number of ether oxygens (including phenoxy) is 2. The topological polar surface area (TPSA) is 88.0 Å². The van der Waals surface area contributed by atoms with E-state index in [0.29, 0.717) is 60.0 Å². The number of aliphatic hydroxyl groups is 2. The van der Waals surface area contributed by atoms with E-state index >= 15 is 0 Å². The summed E-state index contributed by atoms with van der Waals surface area (Å²) in [6.45, 7) is 7.97. The van der Waals surface area contributed by atoms with Crippen LogP contribution in [-0.2, 0) is 11.2 Å². The van der Waals surface area contributed by atoms with Crippen LogP contribution < -0.4 is 14.8 Å². The molecule has 0 aliphatic heterocycles. The van der Waals surface area contributed by atoms with Gasteiger partial charge in [-0.2, -0.15) is 0 Å². The Bertz CT molecular complexity index is 1050. The standard InChI is InChI=1S/C34H53NO5/c1-21(6-11-31(38)35-17-14-22-7-10-29(39-4)30(18-22)40-5)25-8-9-26-32-27(13-16-34(25,26)3)33(2)15-12-24(36)19-23(33)20-28(32)37/h7,10,18,21,23-28,32,36-37H,6,8-9,11-17,19-20H2,1-5H3,(H,35,38)/t21-,23+,24-,25-,26+,27+,28+,32+,33+,34-/m0/s1. The van der Waals surface area contributed by atoms with Crippen LogP contribution in [0.2, 0.25) is 0 Å². The Labute approximate surface area is 241 Å². The van der Waals surface area contributed by atoms with Gasteiger partial charge in [0.1, 0.15) is 0 Å². The second kappa shape index (κ2) is 11.8. The van der Waals surface area contributed by atoms with Crippen LogP contribution in [0, 0.1) is 46.3 Å². The van der Waals surface area contributed by atoms with Crippen molar-refractivity contribution in [2.24, 2.45) is 46.3 Å². The maximum atomic E-state index is 12.8. The van der Waals surface area contributed by atoms with Crippen molar-refractivity contribution in [3.8, 4) is 11.5 Å². The molecular formula is C34H53NO5. The fourth-order valence-corrected chi connectivity index (χ4v) is 10.2. The van der Waals surface area contributed by atoms with Gasteiger partial charge in [0.05, 0.1) is 26.4 Å². The minimum Gasteiger partial charge on any atom is -0.493 e. The molecule has 10 atom stereocenters. The number of carbonyl (C=O) groups excluding carboxylic acids is 1. The molecule has 5 rings (SSSR count). The Kier molecular flexibility index (Phi) is 8.78. The second-order valence-corrected chi connectivity index (χ2v) is 14.3. The number of benzene rings is 1. The first kappa shape index (κ1) is 29.7. The highest BCUT2D eigenvalue weighted by molar-refractivity contribution is 5.75. The molecule has 0 saturated heterocycles. The maximum Gasteiger partial charge on any atom is 0.220 e. The van der Waals surface area contributed by atoms with E-state index in [1.54, 1.807) is 14.2 Å². The number of hydrogen-bond donors (Lipinski definition) is 3. The highest BCUT2D eigenvalue weighted by Crippen LogP contribution is 2.68. The van der Waals surface area contributed by atoms with Gasteiger partial charge in [-0.1, -0.05) is 26.8 Å². The molecule has 6 nitrogen and oxygen atoms in total. The molecule has 4 saturated carbocycles. The summed E-state index contributed by atoms with van der Waals surface area (Å²) in [5, 5.41) is 24.9. The summed E-state index contributed by atoms with van der Waals surface area (Å²) in [6, 6.07) is 5.90. The summed E-state index contributed by atoms with van der Waals surface area (Å²) in [6.07, 6.45) is 10.5. The normalized spacial score (nSPS) is 39.4. The predicted molar refractivity (Wildman–Crippen MR) is 157 cm³/mol. The van der Waals surface area contributed by atoms with Gasteiger partial charge in [-0.25, -0.2) is 0 Å². The molecule has 4 fully saturated rings. The number of methoxy groups -OCH3 is 2. The Morgan fingerprint density at radius 2 is 1.73 bits per heavy atom. The van der Waals surface area contributed by atoms with Crippen molar-refractivity contribution >= 4 is 5.91 Å². The first-order chi connectivity index (χ1) is 19.1. The SMILES string of the molecule is COc1ccc(CCNC(=O)CC[C@H](C)[C@@H]2CC[C@@H]3[C@H]4[C@H](O)C[C@H]5C[C@@H](O)CC[C@@]5(C)[C@@H]4CC[C@]32C)cc1OC. The zero-order valence-electron chi connectivity index (χ0n) is 25.5. The molecule has 224 valence electrons. The molecule has 0 bridgehead atoms. The van der Waals surface area contributed by atoms with E-state index in [2.05, 4.69) is 26.1 Å². The zero-order chi connectivity index (χ0) is 28.7. The summed E-state index contributed by atoms with van der Waals surface area (Å²) < 4.78 is 10.7. The monoisotopic (exact) mass is 555 g/mol. The summed E-state index contributed by atoms with van der Waals surface area (Å²) in [5.74, 6) is 4.69. The molecule has 0 heterocycles. The molecule has 4 aliphatic carbocycles. The lowest BCUT2D eigenvalue weighted by molar-refractivity contribution is -0.174. The highest BCUT2D eigenvalue weighted by atomic mass is 16.5. The second-order valence-electron chi connectivity index (χ2n) is 14.3. The molecule has 1 aromatic carbocycles. The van der Waals surface area contributed by atoms with Crippen molar-refractivity contribution in [2.45, 2.75) is 104 Å². The third-order valence-corrected chi connectivity index (χ3v) is 12.4. The average Bonchev–Trinajstić information content (AvgIpc) is 3.29. The van der Waals surface area contributed by atoms with Crippen LogP contribution >= 0.6 is 0 Å². The molecule has 0 radical (unpaired) electrons. The van der Waals surface area contributed by atoms with E-state index in [4.69, 9.17) is 9.47 Å². The Morgan fingerprint density at radius 3 is 2.48 bits per heavy atom. The van der Waals surface area contributed by atoms with Gasteiger partial charge in [0.15, 0.2) is 11.5 Å². The van der Waals surface area contributed by atoms with Gasteiger partial charge in [-0.3, -0.25) is 4.79 Å². The van der Waals surface area contributed by atoms with Crippen LogP contribution in [0.5, 0.6) is 11.5 Å². The first-order valence-corrected chi connectivity index (χ1v) is 15.9. The number of nitrogens with one attached hydrogen (secondary N) is 1. The van der Waals surface area contributed by atoms with Gasteiger partial charge in [-0.05, 0) is 128 Å². The minimum atomic E-state index is -0.233. The van der Waals surface area contributed by atoms with Gasteiger partial charge in [-0.15, -0.1) is 0 Å². The van der Waals surface area contributed by atoms with Crippen LogP contribution in [0.1, 0.15) is 90.5 Å². The Morgan fingerprint density at radius 1 is 1.00 bits per heavy atom. The molecule has 3 N–H and O–H groups in total. The number of amides is 1. The van der Waals surface area contributed by atoms with Crippen LogP contribution in [0.4, 0.5) is 0 Å². The quantitative estimate of drug-likeness (QED) is 0.360. The van der Waals surface area contributed by atoms with E-state index < -0.39 is 0 Å². The molecule has 0 aromatic heterocycles. The fourth-order valence-electron chi connectivity index (χ4n) is 10.2. The lowest BCUT2D eigenvalue weighted by Gasteiger charge is -2.62. The molecule has 1 amide bonds. The van der Waals surface area contributed by atoms with Gasteiger partial charge in [0, 0.05) is 13.0 Å². The van der Waals surface area contributed by atoms with Crippen LogP contribution in [0.25, 0.3) is 0 Å². The van der Waals surface area contributed by atoms with E-state index in [-0.39, 0.29) is 28.9 Å². The number of aliphatic hydroxyl groups excluding tert-OH is 2. The Balaban J connectivity index is 1.14. The third kappa shape index (κ3) is 5.40. The largest absolute Gasteiger partial charge is 0.493 e. The predicted octanol–water partition coefficient (Wildman–Crippen LogP) is 5.77. The zero-order valence-corrected chi connectivity index (χ0v) is 25.5. The van der Waals surface area contributed by atoms with Gasteiger partial charge in [0.2, 0.25) is 5.91 Å². The van der Waals surface area contributed by atoms with E-state index in [0.717, 1.165) is 44.1 Å². The van der Waals surface area contributed by atoms with E-state index in [9.17, 15) is 15.0 Å². The summed E-state index contributed by atoms with van der Waals surface area (Å²) in [5.41, 5.74) is 1.63. The molecule has 1 aromatic rings. The van der Waals surface area contributed by atoms with Crippen molar-refractivity contribution in [3.63, 3.8) is 0 Å². The summed E-state index contributed by atoms with van der Waals surface area (Å²) >= 11 is 0. The van der Waals surface area contributed by atoms with Gasteiger partial charge < -0.3 is 25.0 Å². The molecule has 40 heavy (non-hydrogen) atoms. The molecule has 4 aliphatic rings. The molecular weight excluding hydrogens is 502 g/mol. The Hall–Kier alpha value is -1.79. The van der Waals surface area contributed by atoms with Crippen molar-refractivity contribution in [1.29, 1.82) is 0 Å². The highest BCUT2D eigenvalue weighted by Gasteiger charge is 2.62. The van der Waals surface area contributed by atoms with Crippen LogP contribution in [-0.4, -0.2) is 49.1 Å². The summed E-state index contributed by atoms with van der Waals surface area (Å²) in [7, 11) is 3.27. The summed E-state index contributed by atoms with van der Waals surface area (Å²) in [4.78, 5) is 12.8. The van der Waals surface area contributed by atoms with Crippen LogP contribution in [0.3, 0.4) is 0 Å². The van der Waals surface area contributed by atoms with Crippen molar-refractivity contribution in [2.75, 3.05) is 20.8 Å². The van der Waals surface area contributed by atoms with Crippen LogP contribution in [0.15, 0.2) is 18.2 Å². The minimum absolute atomic E-state index is 0.136. The lowest BCUT2D eigenvalue weighted by atomic mass is 9.43. The van der Waals surface area contributed by atoms with Gasteiger partial charge in [0.25, 0.3) is 0 Å². The van der Waals surface area contributed by atoms with Gasteiger partial charge >= 0.3 is 0 Å². The first-order valence-electron chi connectivity index (χ1n) is 15.9. The maximum absolute atomic E-state index is 12.8. The van der Waals surface area contributed by atoms with Crippen molar-refractivity contribution in [1.82, 2.24) is 5.32 Å². The van der Waals surface area contributed by atoms with Crippen molar-refractivity contribution < 1.29 is 24.5 Å². The third-order valence-electron chi connectivity index (χ3n) is 12.4. The number of carbonyl (C=O) groups is 1. The lowest BCUT2D eigenvalue weighted by Crippen LogP contribution is -2.58. The molecule has 6 heteroatoms. The number of rotatable bonds is 9.